The Hall–Kier alpha value is -3.02. The van der Waals surface area contributed by atoms with Crippen LogP contribution in [0.25, 0.3) is 0 Å². The highest BCUT2D eigenvalue weighted by Gasteiger charge is 2.16. The number of hydrogen-bond acceptors (Lipinski definition) is 4. The smallest absolute Gasteiger partial charge is 0.303 e. The molecule has 2 rings (SSSR count). The lowest BCUT2D eigenvalue weighted by Crippen LogP contribution is -2.13. The molecule has 0 saturated heterocycles. The zero-order chi connectivity index (χ0) is 17.5. The van der Waals surface area contributed by atoms with E-state index in [4.69, 9.17) is 14.6 Å². The fourth-order valence-corrected chi connectivity index (χ4v) is 2.27. The second kappa shape index (κ2) is 8.01. The average Bonchev–Trinajstić information content (AvgIpc) is 2.60. The van der Waals surface area contributed by atoms with E-state index < -0.39 is 5.97 Å². The summed E-state index contributed by atoms with van der Waals surface area (Å²) < 4.78 is 10.4. The van der Waals surface area contributed by atoms with Crippen molar-refractivity contribution in [1.29, 1.82) is 0 Å². The summed E-state index contributed by atoms with van der Waals surface area (Å²) in [6.07, 6.45) is 0.528. The van der Waals surface area contributed by atoms with E-state index in [1.54, 1.807) is 42.5 Å². The Bertz CT molecular complexity index is 725. The number of rotatable bonds is 7. The van der Waals surface area contributed by atoms with Gasteiger partial charge < -0.3 is 19.9 Å². The first-order valence-corrected chi connectivity index (χ1v) is 7.38. The molecule has 0 atom stereocenters. The van der Waals surface area contributed by atoms with E-state index in [1.165, 1.54) is 14.2 Å². The van der Waals surface area contributed by atoms with Gasteiger partial charge in [-0.2, -0.15) is 0 Å². The first-order chi connectivity index (χ1) is 11.5. The molecular weight excluding hydrogens is 310 g/mol. The van der Waals surface area contributed by atoms with Gasteiger partial charge in [0.15, 0.2) is 11.5 Å². The van der Waals surface area contributed by atoms with Gasteiger partial charge in [-0.05, 0) is 36.2 Å². The van der Waals surface area contributed by atoms with Crippen LogP contribution in [-0.2, 0) is 11.2 Å². The van der Waals surface area contributed by atoms with Crippen LogP contribution in [0.2, 0.25) is 0 Å². The summed E-state index contributed by atoms with van der Waals surface area (Å²) >= 11 is 0. The molecule has 0 radical (unpaired) electrons. The van der Waals surface area contributed by atoms with Crippen LogP contribution in [0.5, 0.6) is 11.5 Å². The van der Waals surface area contributed by atoms with Gasteiger partial charge in [0.2, 0.25) is 0 Å². The van der Waals surface area contributed by atoms with Crippen LogP contribution in [0.1, 0.15) is 22.3 Å². The standard InChI is InChI=1S/C18H19NO5/c1-23-15-5-3-4-14(17(15)24-2)18(22)19-13-9-6-12(7-10-13)8-11-16(20)21/h3-7,9-10H,8,11H2,1-2H3,(H,19,22)(H,20,21). The minimum absolute atomic E-state index is 0.0761. The number of para-hydroxylation sites is 1. The number of carbonyl (C=O) groups excluding carboxylic acids is 1. The number of aryl methyl sites for hydroxylation is 1. The number of hydrogen-bond donors (Lipinski definition) is 2. The molecule has 126 valence electrons. The number of nitrogens with one attached hydrogen (secondary N) is 1. The van der Waals surface area contributed by atoms with Gasteiger partial charge in [0.05, 0.1) is 19.8 Å². The molecular formula is C18H19NO5. The number of carboxylic acid groups (broad SMARTS) is 1. The topological polar surface area (TPSA) is 84.9 Å². The third-order valence-electron chi connectivity index (χ3n) is 3.49. The Labute approximate surface area is 140 Å². The summed E-state index contributed by atoms with van der Waals surface area (Å²) in [7, 11) is 2.99. The molecule has 2 N–H and O–H groups in total. The van der Waals surface area contributed by atoms with Crippen LogP contribution < -0.4 is 14.8 Å². The molecule has 6 heteroatoms. The number of benzene rings is 2. The van der Waals surface area contributed by atoms with Crippen molar-refractivity contribution in [3.05, 3.63) is 53.6 Å². The number of carbonyl (C=O) groups is 2. The van der Waals surface area contributed by atoms with E-state index in [2.05, 4.69) is 5.32 Å². The lowest BCUT2D eigenvalue weighted by Gasteiger charge is -2.12. The fourth-order valence-electron chi connectivity index (χ4n) is 2.27. The Morgan fingerprint density at radius 2 is 1.75 bits per heavy atom. The van der Waals surface area contributed by atoms with Gasteiger partial charge in [-0.25, -0.2) is 0 Å². The summed E-state index contributed by atoms with van der Waals surface area (Å²) in [5.41, 5.74) is 1.88. The minimum Gasteiger partial charge on any atom is -0.493 e. The van der Waals surface area contributed by atoms with Crippen LogP contribution >= 0.6 is 0 Å². The maximum Gasteiger partial charge on any atom is 0.303 e. The molecule has 2 aromatic carbocycles. The van der Waals surface area contributed by atoms with Gasteiger partial charge in [-0.3, -0.25) is 9.59 Å². The number of amides is 1. The lowest BCUT2D eigenvalue weighted by atomic mass is 10.1. The molecule has 0 heterocycles. The molecule has 0 saturated carbocycles. The van der Waals surface area contributed by atoms with E-state index in [0.29, 0.717) is 29.2 Å². The van der Waals surface area contributed by atoms with Crippen LogP contribution in [-0.4, -0.2) is 31.2 Å². The van der Waals surface area contributed by atoms with Crippen molar-refractivity contribution < 1.29 is 24.2 Å². The third-order valence-corrected chi connectivity index (χ3v) is 3.49. The highest BCUT2D eigenvalue weighted by atomic mass is 16.5. The Balaban J connectivity index is 2.11. The van der Waals surface area contributed by atoms with E-state index >= 15 is 0 Å². The normalized spacial score (nSPS) is 10.1. The van der Waals surface area contributed by atoms with Gasteiger partial charge in [0.1, 0.15) is 0 Å². The number of aliphatic carboxylic acids is 1. The van der Waals surface area contributed by atoms with Gasteiger partial charge in [-0.1, -0.05) is 18.2 Å². The Morgan fingerprint density at radius 1 is 1.04 bits per heavy atom. The second-order valence-corrected chi connectivity index (χ2v) is 5.09. The average molecular weight is 329 g/mol. The molecule has 24 heavy (non-hydrogen) atoms. The van der Waals surface area contributed by atoms with Crippen molar-refractivity contribution in [2.45, 2.75) is 12.8 Å². The van der Waals surface area contributed by atoms with Crippen LogP contribution in [0.4, 0.5) is 5.69 Å². The lowest BCUT2D eigenvalue weighted by molar-refractivity contribution is -0.136. The predicted octanol–water partition coefficient (Wildman–Crippen LogP) is 2.97. The molecule has 0 unspecified atom stereocenters. The first-order valence-electron chi connectivity index (χ1n) is 7.38. The Morgan fingerprint density at radius 3 is 2.33 bits per heavy atom. The zero-order valence-corrected chi connectivity index (χ0v) is 13.5. The molecule has 0 spiro atoms. The van der Waals surface area contributed by atoms with Crippen LogP contribution in [0.3, 0.4) is 0 Å². The fraction of sp³-hybridized carbons (Fsp3) is 0.222. The second-order valence-electron chi connectivity index (χ2n) is 5.09. The van der Waals surface area contributed by atoms with Gasteiger partial charge in [0, 0.05) is 12.1 Å². The third kappa shape index (κ3) is 4.25. The van der Waals surface area contributed by atoms with Gasteiger partial charge in [0.25, 0.3) is 5.91 Å². The molecule has 0 aliphatic rings. The van der Waals surface area contributed by atoms with Crippen molar-refractivity contribution in [2.24, 2.45) is 0 Å². The molecule has 6 nitrogen and oxygen atoms in total. The van der Waals surface area contributed by atoms with Crippen molar-refractivity contribution in [3.8, 4) is 11.5 Å². The molecule has 1 amide bonds. The largest absolute Gasteiger partial charge is 0.493 e. The first kappa shape index (κ1) is 17.3. The number of carboxylic acids is 1. The van der Waals surface area contributed by atoms with Gasteiger partial charge in [-0.15, -0.1) is 0 Å². The Kier molecular flexibility index (Phi) is 5.78. The number of anilines is 1. The molecule has 0 aromatic heterocycles. The molecule has 0 bridgehead atoms. The molecule has 0 aliphatic carbocycles. The molecule has 0 fully saturated rings. The van der Waals surface area contributed by atoms with E-state index in [0.717, 1.165) is 5.56 Å². The minimum atomic E-state index is -0.836. The molecule has 2 aromatic rings. The monoisotopic (exact) mass is 329 g/mol. The summed E-state index contributed by atoms with van der Waals surface area (Å²) in [6, 6.07) is 12.1. The zero-order valence-electron chi connectivity index (χ0n) is 13.5. The van der Waals surface area contributed by atoms with Crippen molar-refractivity contribution in [2.75, 3.05) is 19.5 Å². The van der Waals surface area contributed by atoms with Crippen molar-refractivity contribution >= 4 is 17.6 Å². The summed E-state index contributed by atoms with van der Waals surface area (Å²) in [5.74, 6) is -0.300. The van der Waals surface area contributed by atoms with Gasteiger partial charge >= 0.3 is 5.97 Å². The quantitative estimate of drug-likeness (QED) is 0.816. The maximum atomic E-state index is 12.4. The van der Waals surface area contributed by atoms with E-state index in [9.17, 15) is 9.59 Å². The SMILES string of the molecule is COc1cccc(C(=O)Nc2ccc(CCC(=O)O)cc2)c1OC. The highest BCUT2D eigenvalue weighted by Crippen LogP contribution is 2.31. The molecule has 0 aliphatic heterocycles. The summed E-state index contributed by atoms with van der Waals surface area (Å²) in [5, 5.41) is 11.5. The van der Waals surface area contributed by atoms with Crippen LogP contribution in [0.15, 0.2) is 42.5 Å². The predicted molar refractivity (Wildman–Crippen MR) is 89.9 cm³/mol. The maximum absolute atomic E-state index is 12.4. The number of methoxy groups -OCH3 is 2. The highest BCUT2D eigenvalue weighted by molar-refractivity contribution is 6.06. The number of ether oxygens (including phenoxy) is 2. The van der Waals surface area contributed by atoms with Crippen LogP contribution in [0, 0.1) is 0 Å². The van der Waals surface area contributed by atoms with Crippen molar-refractivity contribution in [1.82, 2.24) is 0 Å². The van der Waals surface area contributed by atoms with E-state index in [-0.39, 0.29) is 12.3 Å². The summed E-state index contributed by atoms with van der Waals surface area (Å²) in [6.45, 7) is 0. The summed E-state index contributed by atoms with van der Waals surface area (Å²) in [4.78, 5) is 23.0. The van der Waals surface area contributed by atoms with Crippen molar-refractivity contribution in [3.63, 3.8) is 0 Å². The van der Waals surface area contributed by atoms with E-state index in [1.807, 2.05) is 0 Å².